The molecule has 0 fully saturated rings. The summed E-state index contributed by atoms with van der Waals surface area (Å²) in [6.07, 6.45) is 0.392. The van der Waals surface area contributed by atoms with E-state index in [4.69, 9.17) is 16.7 Å². The number of hydrogen-bond acceptors (Lipinski definition) is 3. The molecule has 0 bridgehead atoms. The van der Waals surface area contributed by atoms with Crippen molar-refractivity contribution in [2.24, 2.45) is 5.92 Å². The van der Waals surface area contributed by atoms with Gasteiger partial charge in [0.05, 0.1) is 5.02 Å². The molecule has 0 saturated carbocycles. The molecule has 0 aromatic carbocycles. The van der Waals surface area contributed by atoms with Crippen molar-refractivity contribution >= 4 is 34.8 Å². The van der Waals surface area contributed by atoms with Crippen LogP contribution >= 0.6 is 22.9 Å². The van der Waals surface area contributed by atoms with E-state index in [1.807, 2.05) is 13.8 Å². The molecular weight excluding hydrogens is 274 g/mol. The first-order valence-electron chi connectivity index (χ1n) is 5.60. The minimum absolute atomic E-state index is 0.187. The molecule has 1 heterocycles. The molecule has 1 aromatic heterocycles. The average molecular weight is 290 g/mol. The highest BCUT2D eigenvalue weighted by Crippen LogP contribution is 2.27. The topological polar surface area (TPSA) is 66.4 Å². The van der Waals surface area contributed by atoms with E-state index in [2.05, 4.69) is 5.32 Å². The Morgan fingerprint density at radius 3 is 2.50 bits per heavy atom. The molecule has 100 valence electrons. The van der Waals surface area contributed by atoms with Crippen LogP contribution < -0.4 is 5.32 Å². The predicted octanol–water partition coefficient (Wildman–Crippen LogP) is 2.94. The van der Waals surface area contributed by atoms with Crippen molar-refractivity contribution in [2.75, 3.05) is 0 Å². The second kappa shape index (κ2) is 6.20. The molecular formula is C12H16ClNO3S. The number of carboxylic acids is 1. The molecule has 0 spiro atoms. The number of carbonyl (C=O) groups is 2. The summed E-state index contributed by atoms with van der Waals surface area (Å²) >= 11 is 7.19. The number of thiophene rings is 1. The Kier molecular flexibility index (Phi) is 5.16. The third-order valence-corrected chi connectivity index (χ3v) is 4.11. The van der Waals surface area contributed by atoms with E-state index in [0.29, 0.717) is 16.3 Å². The number of hydrogen-bond donors (Lipinski definition) is 2. The molecule has 6 heteroatoms. The standard InChI is InChI=1S/C12H16ClNO3S/c1-6(2)4-8(12(16)17)14-11(15)10-9(13)7(3)5-18-10/h5-6,8H,4H2,1-3H3,(H,14,15)(H,16,17)/t8-/m0/s1. The lowest BCUT2D eigenvalue weighted by Gasteiger charge is -2.16. The lowest BCUT2D eigenvalue weighted by molar-refractivity contribution is -0.139. The van der Waals surface area contributed by atoms with E-state index in [0.717, 1.165) is 5.56 Å². The van der Waals surface area contributed by atoms with Gasteiger partial charge in [-0.25, -0.2) is 4.79 Å². The van der Waals surface area contributed by atoms with Crippen molar-refractivity contribution in [2.45, 2.75) is 33.2 Å². The molecule has 0 aliphatic rings. The minimum atomic E-state index is -1.03. The van der Waals surface area contributed by atoms with Crippen molar-refractivity contribution in [3.05, 3.63) is 20.8 Å². The van der Waals surface area contributed by atoms with Crippen LogP contribution in [-0.4, -0.2) is 23.0 Å². The quantitative estimate of drug-likeness (QED) is 0.876. The zero-order chi connectivity index (χ0) is 13.9. The summed E-state index contributed by atoms with van der Waals surface area (Å²) < 4.78 is 0. The van der Waals surface area contributed by atoms with Crippen LogP contribution in [0.25, 0.3) is 0 Å². The van der Waals surface area contributed by atoms with Gasteiger partial charge in [-0.2, -0.15) is 0 Å². The lowest BCUT2D eigenvalue weighted by Crippen LogP contribution is -2.41. The zero-order valence-corrected chi connectivity index (χ0v) is 12.1. The van der Waals surface area contributed by atoms with Gasteiger partial charge in [-0.05, 0) is 30.2 Å². The van der Waals surface area contributed by atoms with Crippen LogP contribution in [0.2, 0.25) is 5.02 Å². The third kappa shape index (κ3) is 3.71. The zero-order valence-electron chi connectivity index (χ0n) is 10.5. The molecule has 0 aliphatic heterocycles. The Balaban J connectivity index is 2.79. The lowest BCUT2D eigenvalue weighted by atomic mass is 10.0. The van der Waals surface area contributed by atoms with Crippen LogP contribution in [0.4, 0.5) is 0 Å². The maximum absolute atomic E-state index is 11.9. The summed E-state index contributed by atoms with van der Waals surface area (Å²) in [6.45, 7) is 5.62. The Morgan fingerprint density at radius 1 is 1.50 bits per heavy atom. The van der Waals surface area contributed by atoms with Gasteiger partial charge in [0.15, 0.2) is 0 Å². The first kappa shape index (κ1) is 15.0. The monoisotopic (exact) mass is 289 g/mol. The summed E-state index contributed by atoms with van der Waals surface area (Å²) in [4.78, 5) is 23.3. The second-order valence-electron chi connectivity index (χ2n) is 4.56. The molecule has 18 heavy (non-hydrogen) atoms. The van der Waals surface area contributed by atoms with E-state index in [1.165, 1.54) is 11.3 Å². The van der Waals surface area contributed by atoms with Gasteiger partial charge in [0, 0.05) is 0 Å². The first-order chi connectivity index (χ1) is 8.32. The molecule has 1 atom stereocenters. The summed E-state index contributed by atoms with van der Waals surface area (Å²) in [6, 6.07) is -0.879. The van der Waals surface area contributed by atoms with Crippen LogP contribution in [0.15, 0.2) is 5.38 Å². The van der Waals surface area contributed by atoms with Crippen LogP contribution in [0.5, 0.6) is 0 Å². The number of carboxylic acid groups (broad SMARTS) is 1. The normalized spacial score (nSPS) is 12.5. The van der Waals surface area contributed by atoms with E-state index in [-0.39, 0.29) is 5.92 Å². The minimum Gasteiger partial charge on any atom is -0.480 e. The van der Waals surface area contributed by atoms with Crippen LogP contribution in [0.3, 0.4) is 0 Å². The SMILES string of the molecule is Cc1csc(C(=O)N[C@@H](CC(C)C)C(=O)O)c1Cl. The van der Waals surface area contributed by atoms with E-state index in [9.17, 15) is 9.59 Å². The maximum atomic E-state index is 11.9. The third-order valence-electron chi connectivity index (χ3n) is 2.42. The summed E-state index contributed by atoms with van der Waals surface area (Å²) in [5, 5.41) is 13.7. The number of carbonyl (C=O) groups excluding carboxylic acids is 1. The van der Waals surface area contributed by atoms with Crippen LogP contribution in [0.1, 0.15) is 35.5 Å². The number of halogens is 1. The van der Waals surface area contributed by atoms with Crippen LogP contribution in [-0.2, 0) is 4.79 Å². The number of aliphatic carboxylic acids is 1. The molecule has 0 radical (unpaired) electrons. The number of amides is 1. The van der Waals surface area contributed by atoms with Gasteiger partial charge in [-0.1, -0.05) is 25.4 Å². The largest absolute Gasteiger partial charge is 0.480 e. The van der Waals surface area contributed by atoms with Gasteiger partial charge in [0.2, 0.25) is 0 Å². The highest BCUT2D eigenvalue weighted by Gasteiger charge is 2.23. The summed E-state index contributed by atoms with van der Waals surface area (Å²) in [5.74, 6) is -1.26. The van der Waals surface area contributed by atoms with E-state index >= 15 is 0 Å². The van der Waals surface area contributed by atoms with E-state index in [1.54, 1.807) is 12.3 Å². The fraction of sp³-hybridized carbons (Fsp3) is 0.500. The van der Waals surface area contributed by atoms with Crippen molar-refractivity contribution in [1.29, 1.82) is 0 Å². The Morgan fingerprint density at radius 2 is 2.11 bits per heavy atom. The molecule has 0 saturated heterocycles. The second-order valence-corrected chi connectivity index (χ2v) is 5.81. The van der Waals surface area contributed by atoms with Gasteiger partial charge in [0.1, 0.15) is 10.9 Å². The Labute approximate surface area is 115 Å². The predicted molar refractivity (Wildman–Crippen MR) is 72.4 cm³/mol. The molecule has 0 unspecified atom stereocenters. The van der Waals surface area contributed by atoms with Crippen molar-refractivity contribution < 1.29 is 14.7 Å². The molecule has 1 rings (SSSR count). The molecule has 0 aliphatic carbocycles. The van der Waals surface area contributed by atoms with Crippen molar-refractivity contribution in [1.82, 2.24) is 5.32 Å². The van der Waals surface area contributed by atoms with Gasteiger partial charge in [0.25, 0.3) is 5.91 Å². The molecule has 1 aromatic rings. The smallest absolute Gasteiger partial charge is 0.326 e. The van der Waals surface area contributed by atoms with Crippen LogP contribution in [0, 0.1) is 12.8 Å². The fourth-order valence-corrected chi connectivity index (χ4v) is 2.68. The van der Waals surface area contributed by atoms with Gasteiger partial charge < -0.3 is 10.4 Å². The maximum Gasteiger partial charge on any atom is 0.326 e. The van der Waals surface area contributed by atoms with Gasteiger partial charge in [-0.15, -0.1) is 11.3 Å². The molecule has 2 N–H and O–H groups in total. The fourth-order valence-electron chi connectivity index (χ4n) is 1.50. The van der Waals surface area contributed by atoms with Gasteiger partial charge >= 0.3 is 5.97 Å². The van der Waals surface area contributed by atoms with Gasteiger partial charge in [-0.3, -0.25) is 4.79 Å². The first-order valence-corrected chi connectivity index (χ1v) is 6.86. The summed E-state index contributed by atoms with van der Waals surface area (Å²) in [5.41, 5.74) is 0.822. The molecule has 1 amide bonds. The number of rotatable bonds is 5. The number of aryl methyl sites for hydroxylation is 1. The number of nitrogens with one attached hydrogen (secondary N) is 1. The summed E-state index contributed by atoms with van der Waals surface area (Å²) in [7, 11) is 0. The van der Waals surface area contributed by atoms with E-state index < -0.39 is 17.9 Å². The van der Waals surface area contributed by atoms with Crippen molar-refractivity contribution in [3.8, 4) is 0 Å². The van der Waals surface area contributed by atoms with Crippen molar-refractivity contribution in [3.63, 3.8) is 0 Å². The Hall–Kier alpha value is -1.07. The highest BCUT2D eigenvalue weighted by molar-refractivity contribution is 7.13. The molecule has 4 nitrogen and oxygen atoms in total. The highest BCUT2D eigenvalue weighted by atomic mass is 35.5. The average Bonchev–Trinajstić information content (AvgIpc) is 2.58. The Bertz CT molecular complexity index is 456.